The zero-order chi connectivity index (χ0) is 8.97. The summed E-state index contributed by atoms with van der Waals surface area (Å²) in [5, 5.41) is 3.02. The smallest absolute Gasteiger partial charge is 0.220 e. The molecule has 2 heteroatoms. The Balaban J connectivity index is 2.23. The SMILES string of the molecule is CCCCC(C)C1CCC(=O)N1. The van der Waals surface area contributed by atoms with E-state index in [1.807, 2.05) is 0 Å². The fourth-order valence-corrected chi connectivity index (χ4v) is 1.79. The Labute approximate surface area is 74.7 Å². The van der Waals surface area contributed by atoms with Crippen molar-refractivity contribution in [2.24, 2.45) is 5.92 Å². The topological polar surface area (TPSA) is 29.1 Å². The molecule has 1 heterocycles. The molecule has 0 spiro atoms. The van der Waals surface area contributed by atoms with Gasteiger partial charge in [0.05, 0.1) is 0 Å². The molecule has 0 aliphatic carbocycles. The highest BCUT2D eigenvalue weighted by molar-refractivity contribution is 5.78. The summed E-state index contributed by atoms with van der Waals surface area (Å²) in [7, 11) is 0. The molecule has 1 amide bonds. The first kappa shape index (κ1) is 9.56. The minimum Gasteiger partial charge on any atom is -0.353 e. The number of carbonyl (C=O) groups excluding carboxylic acids is 1. The van der Waals surface area contributed by atoms with E-state index in [4.69, 9.17) is 0 Å². The van der Waals surface area contributed by atoms with Crippen molar-refractivity contribution in [2.45, 2.75) is 52.0 Å². The van der Waals surface area contributed by atoms with Crippen LogP contribution in [0.2, 0.25) is 0 Å². The van der Waals surface area contributed by atoms with Crippen LogP contribution in [0.15, 0.2) is 0 Å². The van der Waals surface area contributed by atoms with Crippen LogP contribution in [0, 0.1) is 5.92 Å². The average molecular weight is 169 g/mol. The van der Waals surface area contributed by atoms with E-state index in [-0.39, 0.29) is 5.91 Å². The number of unbranched alkanes of at least 4 members (excludes halogenated alkanes) is 1. The van der Waals surface area contributed by atoms with Crippen LogP contribution in [-0.4, -0.2) is 11.9 Å². The number of rotatable bonds is 4. The molecule has 2 atom stereocenters. The van der Waals surface area contributed by atoms with Crippen molar-refractivity contribution < 1.29 is 4.79 Å². The second kappa shape index (κ2) is 4.48. The molecule has 0 saturated carbocycles. The highest BCUT2D eigenvalue weighted by Crippen LogP contribution is 2.19. The van der Waals surface area contributed by atoms with Gasteiger partial charge < -0.3 is 5.32 Å². The van der Waals surface area contributed by atoms with Gasteiger partial charge in [-0.1, -0.05) is 26.7 Å². The Morgan fingerprint density at radius 2 is 2.42 bits per heavy atom. The van der Waals surface area contributed by atoms with E-state index in [9.17, 15) is 4.79 Å². The second-order valence-corrected chi connectivity index (χ2v) is 3.83. The molecule has 0 bridgehead atoms. The molecule has 1 N–H and O–H groups in total. The van der Waals surface area contributed by atoms with Crippen LogP contribution in [0.5, 0.6) is 0 Å². The second-order valence-electron chi connectivity index (χ2n) is 3.83. The van der Waals surface area contributed by atoms with Crippen LogP contribution in [0.3, 0.4) is 0 Å². The monoisotopic (exact) mass is 169 g/mol. The quantitative estimate of drug-likeness (QED) is 0.686. The fraction of sp³-hybridized carbons (Fsp3) is 0.900. The number of hydrogen-bond donors (Lipinski definition) is 1. The van der Waals surface area contributed by atoms with E-state index in [1.54, 1.807) is 0 Å². The van der Waals surface area contributed by atoms with Gasteiger partial charge in [-0.25, -0.2) is 0 Å². The van der Waals surface area contributed by atoms with E-state index in [2.05, 4.69) is 19.2 Å². The lowest BCUT2D eigenvalue weighted by Gasteiger charge is -2.18. The molecule has 12 heavy (non-hydrogen) atoms. The van der Waals surface area contributed by atoms with E-state index in [1.165, 1.54) is 19.3 Å². The first-order valence-electron chi connectivity index (χ1n) is 5.03. The van der Waals surface area contributed by atoms with Gasteiger partial charge >= 0.3 is 0 Å². The Morgan fingerprint density at radius 3 is 2.92 bits per heavy atom. The maximum atomic E-state index is 10.9. The molecule has 1 rings (SSSR count). The van der Waals surface area contributed by atoms with E-state index in [0.29, 0.717) is 12.0 Å². The van der Waals surface area contributed by atoms with Crippen molar-refractivity contribution in [2.75, 3.05) is 0 Å². The predicted octanol–water partition coefficient (Wildman–Crippen LogP) is 2.09. The Kier molecular flexibility index (Phi) is 3.57. The summed E-state index contributed by atoms with van der Waals surface area (Å²) in [5.41, 5.74) is 0. The summed E-state index contributed by atoms with van der Waals surface area (Å²) in [6.45, 7) is 4.45. The molecule has 0 aromatic carbocycles. The molecule has 1 fully saturated rings. The number of nitrogens with one attached hydrogen (secondary N) is 1. The normalized spacial score (nSPS) is 25.5. The predicted molar refractivity (Wildman–Crippen MR) is 49.9 cm³/mol. The van der Waals surface area contributed by atoms with Crippen molar-refractivity contribution in [3.63, 3.8) is 0 Å². The molecule has 70 valence electrons. The third kappa shape index (κ3) is 2.50. The van der Waals surface area contributed by atoms with Crippen molar-refractivity contribution >= 4 is 5.91 Å². The van der Waals surface area contributed by atoms with Gasteiger partial charge in [-0.3, -0.25) is 4.79 Å². The lowest BCUT2D eigenvalue weighted by atomic mass is 9.95. The number of hydrogen-bond acceptors (Lipinski definition) is 1. The van der Waals surface area contributed by atoms with Gasteiger partial charge in [0.25, 0.3) is 0 Å². The maximum Gasteiger partial charge on any atom is 0.220 e. The van der Waals surface area contributed by atoms with Crippen molar-refractivity contribution in [3.8, 4) is 0 Å². The standard InChI is InChI=1S/C10H19NO/c1-3-4-5-8(2)9-6-7-10(12)11-9/h8-9H,3-7H2,1-2H3,(H,11,12). The molecule has 1 aliphatic heterocycles. The van der Waals surface area contributed by atoms with Crippen LogP contribution in [-0.2, 0) is 4.79 Å². The summed E-state index contributed by atoms with van der Waals surface area (Å²) in [6, 6.07) is 0.462. The Morgan fingerprint density at radius 1 is 1.67 bits per heavy atom. The molecule has 0 radical (unpaired) electrons. The van der Waals surface area contributed by atoms with E-state index in [0.717, 1.165) is 12.8 Å². The highest BCUT2D eigenvalue weighted by atomic mass is 16.1. The van der Waals surface area contributed by atoms with Gasteiger partial charge in [0.1, 0.15) is 0 Å². The van der Waals surface area contributed by atoms with Gasteiger partial charge in [0.2, 0.25) is 5.91 Å². The van der Waals surface area contributed by atoms with E-state index < -0.39 is 0 Å². The third-order valence-corrected chi connectivity index (χ3v) is 2.73. The zero-order valence-electron chi connectivity index (χ0n) is 8.10. The highest BCUT2D eigenvalue weighted by Gasteiger charge is 2.24. The minimum atomic E-state index is 0.239. The van der Waals surface area contributed by atoms with Gasteiger partial charge in [0.15, 0.2) is 0 Å². The number of carbonyl (C=O) groups is 1. The minimum absolute atomic E-state index is 0.239. The Bertz CT molecular complexity index is 156. The number of amides is 1. The fourth-order valence-electron chi connectivity index (χ4n) is 1.79. The van der Waals surface area contributed by atoms with Crippen LogP contribution >= 0.6 is 0 Å². The van der Waals surface area contributed by atoms with Crippen molar-refractivity contribution in [1.29, 1.82) is 0 Å². The summed E-state index contributed by atoms with van der Waals surface area (Å²) < 4.78 is 0. The van der Waals surface area contributed by atoms with Crippen molar-refractivity contribution in [3.05, 3.63) is 0 Å². The molecule has 2 nitrogen and oxygen atoms in total. The summed E-state index contributed by atoms with van der Waals surface area (Å²) in [6.07, 6.45) is 5.57. The molecule has 0 aromatic rings. The van der Waals surface area contributed by atoms with Crippen LogP contribution in [0.1, 0.15) is 46.0 Å². The van der Waals surface area contributed by atoms with E-state index >= 15 is 0 Å². The zero-order valence-corrected chi connectivity index (χ0v) is 8.10. The molecule has 1 aliphatic rings. The molecular formula is C10H19NO. The molecular weight excluding hydrogens is 150 g/mol. The van der Waals surface area contributed by atoms with Gasteiger partial charge in [-0.15, -0.1) is 0 Å². The van der Waals surface area contributed by atoms with Crippen LogP contribution < -0.4 is 5.32 Å². The van der Waals surface area contributed by atoms with Crippen LogP contribution in [0.4, 0.5) is 0 Å². The van der Waals surface area contributed by atoms with Crippen LogP contribution in [0.25, 0.3) is 0 Å². The lowest BCUT2D eigenvalue weighted by Crippen LogP contribution is -2.31. The molecule has 1 saturated heterocycles. The first-order valence-corrected chi connectivity index (χ1v) is 5.03. The lowest BCUT2D eigenvalue weighted by molar-refractivity contribution is -0.119. The third-order valence-electron chi connectivity index (χ3n) is 2.73. The largest absolute Gasteiger partial charge is 0.353 e. The first-order chi connectivity index (χ1) is 5.74. The van der Waals surface area contributed by atoms with Crippen molar-refractivity contribution in [1.82, 2.24) is 5.32 Å². The summed E-state index contributed by atoms with van der Waals surface area (Å²) >= 11 is 0. The molecule has 0 aromatic heterocycles. The average Bonchev–Trinajstić information content (AvgIpc) is 2.47. The Hall–Kier alpha value is -0.530. The van der Waals surface area contributed by atoms with Gasteiger partial charge in [-0.05, 0) is 18.8 Å². The maximum absolute atomic E-state index is 10.9. The molecule has 2 unspecified atom stereocenters. The summed E-state index contributed by atoms with van der Waals surface area (Å²) in [4.78, 5) is 10.9. The summed E-state index contributed by atoms with van der Waals surface area (Å²) in [5.74, 6) is 0.903. The van der Waals surface area contributed by atoms with Gasteiger partial charge in [-0.2, -0.15) is 0 Å². The van der Waals surface area contributed by atoms with Gasteiger partial charge in [0, 0.05) is 12.5 Å².